The largest absolute Gasteiger partial charge is 0.324 e. The monoisotopic (exact) mass is 461 g/mol. The van der Waals surface area contributed by atoms with Crippen LogP contribution in [-0.2, 0) is 0 Å². The Kier molecular flexibility index (Phi) is 5.14. The van der Waals surface area contributed by atoms with Gasteiger partial charge in [0.2, 0.25) is 5.95 Å². The van der Waals surface area contributed by atoms with Crippen molar-refractivity contribution in [2.24, 2.45) is 0 Å². The summed E-state index contributed by atoms with van der Waals surface area (Å²) < 4.78 is 15.3. The molecule has 0 unspecified atom stereocenters. The van der Waals surface area contributed by atoms with Gasteiger partial charge in [0.15, 0.2) is 5.78 Å². The molecule has 2 aromatic carbocycles. The van der Waals surface area contributed by atoms with Gasteiger partial charge in [0.1, 0.15) is 17.2 Å². The van der Waals surface area contributed by atoms with E-state index in [1.165, 1.54) is 18.3 Å². The van der Waals surface area contributed by atoms with Crippen LogP contribution in [0.15, 0.2) is 60.8 Å². The summed E-state index contributed by atoms with van der Waals surface area (Å²) in [5.74, 6) is -0.694. The van der Waals surface area contributed by atoms with E-state index < -0.39 is 11.7 Å². The summed E-state index contributed by atoms with van der Waals surface area (Å²) in [7, 11) is 0. The molecule has 9 heteroatoms. The number of pyridine rings is 1. The fourth-order valence-corrected chi connectivity index (χ4v) is 3.89. The minimum atomic E-state index is -0.468. The van der Waals surface area contributed by atoms with Crippen molar-refractivity contribution in [1.29, 1.82) is 0 Å². The number of nitrogens with zero attached hydrogens (tertiary/aromatic N) is 3. The lowest BCUT2D eigenvalue weighted by atomic mass is 10.1. The van der Waals surface area contributed by atoms with Crippen molar-refractivity contribution < 1.29 is 14.0 Å². The number of benzene rings is 2. The first kappa shape index (κ1) is 20.8. The summed E-state index contributed by atoms with van der Waals surface area (Å²) in [5, 5.41) is 3.01. The molecule has 5 rings (SSSR count). The zero-order valence-electron chi connectivity index (χ0n) is 17.4. The van der Waals surface area contributed by atoms with Gasteiger partial charge in [0.05, 0.1) is 16.7 Å². The number of anilines is 1. The van der Waals surface area contributed by atoms with Crippen LogP contribution in [0.3, 0.4) is 0 Å². The van der Waals surface area contributed by atoms with Crippen LogP contribution in [0.5, 0.6) is 0 Å². The molecule has 0 aliphatic carbocycles. The van der Waals surface area contributed by atoms with Gasteiger partial charge in [0, 0.05) is 17.6 Å². The summed E-state index contributed by atoms with van der Waals surface area (Å²) >= 11 is 5.97. The third-order valence-electron chi connectivity index (χ3n) is 5.24. The van der Waals surface area contributed by atoms with E-state index in [4.69, 9.17) is 11.6 Å². The van der Waals surface area contributed by atoms with E-state index in [1.54, 1.807) is 53.8 Å². The van der Waals surface area contributed by atoms with Crippen LogP contribution in [0.2, 0.25) is 5.02 Å². The van der Waals surface area contributed by atoms with Gasteiger partial charge in [-0.25, -0.2) is 14.4 Å². The van der Waals surface area contributed by atoms with Crippen LogP contribution in [0, 0.1) is 5.82 Å². The number of carbonyl (C=O) groups is 2. The maximum absolute atomic E-state index is 13.7. The number of rotatable bonds is 5. The number of aromatic amines is 1. The van der Waals surface area contributed by atoms with Crippen LogP contribution >= 0.6 is 11.6 Å². The number of carbonyl (C=O) groups excluding carboxylic acids is 2. The maximum atomic E-state index is 13.7. The Labute approximate surface area is 192 Å². The van der Waals surface area contributed by atoms with Crippen molar-refractivity contribution in [2.75, 3.05) is 5.32 Å². The fourth-order valence-electron chi connectivity index (χ4n) is 3.67. The number of fused-ring (bicyclic) bond motifs is 2. The molecular weight excluding hydrogens is 445 g/mol. The zero-order valence-corrected chi connectivity index (χ0v) is 18.2. The van der Waals surface area contributed by atoms with Gasteiger partial charge in [-0.3, -0.25) is 19.3 Å². The molecule has 0 bridgehead atoms. The molecule has 2 N–H and O–H groups in total. The number of Topliss-reactive ketones (excluding diaryl/α,β-unsaturated/α-hetero) is 1. The van der Waals surface area contributed by atoms with E-state index in [1.807, 2.05) is 0 Å². The summed E-state index contributed by atoms with van der Waals surface area (Å²) in [6, 6.07) is 14.8. The number of hydrogen-bond acceptors (Lipinski definition) is 4. The van der Waals surface area contributed by atoms with E-state index in [0.29, 0.717) is 39.4 Å². The van der Waals surface area contributed by atoms with E-state index >= 15 is 0 Å². The number of hydrogen-bond donors (Lipinski definition) is 2. The van der Waals surface area contributed by atoms with Gasteiger partial charge in [-0.1, -0.05) is 30.7 Å². The van der Waals surface area contributed by atoms with Crippen molar-refractivity contribution in [3.05, 3.63) is 83.0 Å². The van der Waals surface area contributed by atoms with Crippen molar-refractivity contribution in [3.63, 3.8) is 0 Å². The lowest BCUT2D eigenvalue weighted by Gasteiger charge is -2.03. The van der Waals surface area contributed by atoms with Crippen molar-refractivity contribution in [2.45, 2.75) is 13.3 Å². The second-order valence-corrected chi connectivity index (χ2v) is 7.91. The third-order valence-corrected chi connectivity index (χ3v) is 5.46. The molecule has 3 heterocycles. The first-order valence-corrected chi connectivity index (χ1v) is 10.6. The second kappa shape index (κ2) is 8.14. The number of nitrogens with one attached hydrogen (secondary N) is 2. The summed E-state index contributed by atoms with van der Waals surface area (Å²) in [4.78, 5) is 36.7. The van der Waals surface area contributed by atoms with Gasteiger partial charge in [0.25, 0.3) is 5.91 Å². The summed E-state index contributed by atoms with van der Waals surface area (Å²) in [6.07, 6.45) is 1.88. The SMILES string of the molecule is CCC(=O)c1cccc2nc(C(=O)Nc3nc4ccc(-c5cc(F)cc(Cl)c5)cc4[nH]3)cn12. The first-order valence-electron chi connectivity index (χ1n) is 10.2. The predicted octanol–water partition coefficient (Wildman–Crippen LogP) is 5.52. The highest BCUT2D eigenvalue weighted by molar-refractivity contribution is 6.30. The zero-order chi connectivity index (χ0) is 23.1. The Morgan fingerprint density at radius 3 is 2.73 bits per heavy atom. The molecule has 0 fully saturated rings. The summed E-state index contributed by atoms with van der Waals surface area (Å²) in [5.41, 5.74) is 3.79. The number of amides is 1. The van der Waals surface area contributed by atoms with E-state index in [2.05, 4.69) is 20.3 Å². The third kappa shape index (κ3) is 3.96. The van der Waals surface area contributed by atoms with Gasteiger partial charge < -0.3 is 4.98 Å². The van der Waals surface area contributed by atoms with Crippen molar-refractivity contribution in [1.82, 2.24) is 19.4 Å². The van der Waals surface area contributed by atoms with Crippen LogP contribution in [0.4, 0.5) is 10.3 Å². The average molecular weight is 462 g/mol. The van der Waals surface area contributed by atoms with E-state index in [9.17, 15) is 14.0 Å². The molecule has 7 nitrogen and oxygen atoms in total. The number of ketones is 1. The molecular formula is C24H17ClFN5O2. The molecule has 0 radical (unpaired) electrons. The lowest BCUT2D eigenvalue weighted by Crippen LogP contribution is -2.13. The minimum Gasteiger partial charge on any atom is -0.324 e. The van der Waals surface area contributed by atoms with Crippen molar-refractivity contribution >= 4 is 45.9 Å². The molecule has 0 aliphatic heterocycles. The van der Waals surface area contributed by atoms with Gasteiger partial charge in [-0.15, -0.1) is 0 Å². The highest BCUT2D eigenvalue weighted by Crippen LogP contribution is 2.27. The highest BCUT2D eigenvalue weighted by atomic mass is 35.5. The first-order chi connectivity index (χ1) is 15.9. The van der Waals surface area contributed by atoms with Crippen LogP contribution < -0.4 is 5.32 Å². The van der Waals surface area contributed by atoms with E-state index in [0.717, 1.165) is 5.56 Å². The number of H-pyrrole nitrogens is 1. The number of aromatic nitrogens is 4. The molecule has 0 spiro atoms. The van der Waals surface area contributed by atoms with Crippen LogP contribution in [0.25, 0.3) is 27.8 Å². The molecule has 33 heavy (non-hydrogen) atoms. The molecule has 0 atom stereocenters. The molecule has 3 aromatic heterocycles. The Bertz CT molecular complexity index is 1540. The van der Waals surface area contributed by atoms with Gasteiger partial charge in [-0.2, -0.15) is 0 Å². The Morgan fingerprint density at radius 2 is 1.94 bits per heavy atom. The molecule has 0 aliphatic rings. The Morgan fingerprint density at radius 1 is 1.09 bits per heavy atom. The van der Waals surface area contributed by atoms with Gasteiger partial charge >= 0.3 is 0 Å². The smallest absolute Gasteiger partial charge is 0.278 e. The molecule has 1 amide bonds. The Balaban J connectivity index is 1.43. The average Bonchev–Trinajstić information content (AvgIpc) is 3.40. The summed E-state index contributed by atoms with van der Waals surface area (Å²) in [6.45, 7) is 1.78. The van der Waals surface area contributed by atoms with E-state index in [-0.39, 0.29) is 17.4 Å². The van der Waals surface area contributed by atoms with Crippen LogP contribution in [-0.4, -0.2) is 31.0 Å². The normalized spacial score (nSPS) is 11.2. The van der Waals surface area contributed by atoms with Crippen LogP contribution in [0.1, 0.15) is 34.3 Å². The number of imidazole rings is 2. The maximum Gasteiger partial charge on any atom is 0.278 e. The van der Waals surface area contributed by atoms with Crippen molar-refractivity contribution in [3.8, 4) is 11.1 Å². The molecule has 0 saturated carbocycles. The molecule has 0 saturated heterocycles. The Hall–Kier alpha value is -4.04. The highest BCUT2D eigenvalue weighted by Gasteiger charge is 2.16. The lowest BCUT2D eigenvalue weighted by molar-refractivity contribution is 0.0979. The van der Waals surface area contributed by atoms with Gasteiger partial charge in [-0.05, 0) is 53.6 Å². The molecule has 164 valence electrons. The number of halogens is 2. The fraction of sp³-hybridized carbons (Fsp3) is 0.0833. The predicted molar refractivity (Wildman–Crippen MR) is 124 cm³/mol. The molecule has 5 aromatic rings. The second-order valence-electron chi connectivity index (χ2n) is 7.47. The minimum absolute atomic E-state index is 0.0439. The standard InChI is InChI=1S/C24H17ClFN5O2/c1-2-21(32)20-4-3-5-22-27-19(12-31(20)22)23(33)30-24-28-17-7-6-13(10-18(17)29-24)14-8-15(25)11-16(26)9-14/h3-12H,2H2,1H3,(H2,28,29,30,33). The quantitative estimate of drug-likeness (QED) is 0.337. The topological polar surface area (TPSA) is 92.2 Å².